The minimum Gasteiger partial charge on any atom is -0.390 e. The smallest absolute Gasteiger partial charge is 0.191 e. The highest BCUT2D eigenvalue weighted by Crippen LogP contribution is 2.08. The molecule has 0 atom stereocenters. The fourth-order valence-corrected chi connectivity index (χ4v) is 1.90. The molecule has 0 unspecified atom stereocenters. The zero-order chi connectivity index (χ0) is 9.80. The van der Waals surface area contributed by atoms with Crippen molar-refractivity contribution < 1.29 is 5.11 Å². The summed E-state index contributed by atoms with van der Waals surface area (Å²) in [5.41, 5.74) is 0.730. The molecular weight excluding hydrogens is 200 g/mol. The van der Waals surface area contributed by atoms with Gasteiger partial charge in [0.05, 0.1) is 25.4 Å². The van der Waals surface area contributed by atoms with E-state index in [4.69, 9.17) is 5.11 Å². The van der Waals surface area contributed by atoms with Crippen LogP contribution in [0.3, 0.4) is 0 Å². The number of hydrogen-bond acceptors (Lipinski definition) is 6. The third kappa shape index (κ3) is 2.21. The first kappa shape index (κ1) is 9.42. The first-order valence-electron chi connectivity index (χ1n) is 4.45. The van der Waals surface area contributed by atoms with Gasteiger partial charge in [-0.05, 0) is 0 Å². The molecule has 1 aliphatic heterocycles. The Labute approximate surface area is 85.9 Å². The second-order valence-electron chi connectivity index (χ2n) is 2.90. The molecule has 6 heteroatoms. The number of aliphatic hydroxyl groups is 1. The van der Waals surface area contributed by atoms with E-state index in [0.29, 0.717) is 6.54 Å². The number of guanidine groups is 1. The number of hydrogen-bond donors (Lipinski definition) is 3. The Balaban J connectivity index is 1.85. The number of aromatic nitrogens is 1. The Morgan fingerprint density at radius 2 is 2.57 bits per heavy atom. The number of thiazole rings is 1. The van der Waals surface area contributed by atoms with E-state index in [1.54, 1.807) is 11.3 Å². The van der Waals surface area contributed by atoms with Gasteiger partial charge in [-0.25, -0.2) is 4.98 Å². The van der Waals surface area contributed by atoms with E-state index in [1.165, 1.54) is 0 Å². The van der Waals surface area contributed by atoms with Crippen LogP contribution in [0, 0.1) is 0 Å². The highest BCUT2D eigenvalue weighted by molar-refractivity contribution is 7.09. The Bertz CT molecular complexity index is 336. The van der Waals surface area contributed by atoms with Crippen LogP contribution in [0.4, 0.5) is 0 Å². The molecule has 0 radical (unpaired) electrons. The molecule has 1 aromatic heterocycles. The Hall–Kier alpha value is -1.14. The average Bonchev–Trinajstić information content (AvgIpc) is 2.86. The summed E-state index contributed by atoms with van der Waals surface area (Å²) >= 11 is 1.54. The molecule has 1 aliphatic rings. The van der Waals surface area contributed by atoms with Crippen molar-refractivity contribution in [3.05, 3.63) is 16.1 Å². The standard InChI is InChI=1S/C8H12N4OS/c13-4-6-5-14-7(12-6)3-11-8-9-1-2-10-8/h5,13H,1-4H2,(H2,9,10,11). The second kappa shape index (κ2) is 4.39. The summed E-state index contributed by atoms with van der Waals surface area (Å²) in [4.78, 5) is 8.41. The fourth-order valence-electron chi connectivity index (χ4n) is 1.18. The SMILES string of the molecule is OCc1csc(CNC2=NCCN2)n1. The lowest BCUT2D eigenvalue weighted by atomic mass is 10.5. The molecule has 76 valence electrons. The van der Waals surface area contributed by atoms with Gasteiger partial charge in [0, 0.05) is 11.9 Å². The van der Waals surface area contributed by atoms with Gasteiger partial charge in [-0.15, -0.1) is 11.3 Å². The summed E-state index contributed by atoms with van der Waals surface area (Å²) in [5.74, 6) is 0.839. The molecule has 2 rings (SSSR count). The van der Waals surface area contributed by atoms with E-state index in [1.807, 2.05) is 5.38 Å². The molecule has 0 spiro atoms. The van der Waals surface area contributed by atoms with Gasteiger partial charge in [0.2, 0.25) is 0 Å². The van der Waals surface area contributed by atoms with E-state index < -0.39 is 0 Å². The fraction of sp³-hybridized carbons (Fsp3) is 0.500. The van der Waals surface area contributed by atoms with Crippen molar-refractivity contribution in [3.63, 3.8) is 0 Å². The van der Waals surface area contributed by atoms with Crippen molar-refractivity contribution in [3.8, 4) is 0 Å². The number of aliphatic hydroxyl groups excluding tert-OH is 1. The maximum absolute atomic E-state index is 8.82. The lowest BCUT2D eigenvalue weighted by molar-refractivity contribution is 0.277. The molecule has 5 nitrogen and oxygen atoms in total. The molecule has 0 aromatic carbocycles. The van der Waals surface area contributed by atoms with E-state index in [9.17, 15) is 0 Å². The van der Waals surface area contributed by atoms with Gasteiger partial charge in [0.1, 0.15) is 5.01 Å². The van der Waals surface area contributed by atoms with E-state index in [0.717, 1.165) is 29.8 Å². The third-order valence-corrected chi connectivity index (χ3v) is 2.74. The third-order valence-electron chi connectivity index (χ3n) is 1.84. The molecule has 0 aliphatic carbocycles. The van der Waals surface area contributed by atoms with Crippen LogP contribution in [-0.4, -0.2) is 29.1 Å². The Morgan fingerprint density at radius 1 is 1.64 bits per heavy atom. The average molecular weight is 212 g/mol. The summed E-state index contributed by atoms with van der Waals surface area (Å²) < 4.78 is 0. The van der Waals surface area contributed by atoms with Crippen molar-refractivity contribution >= 4 is 17.3 Å². The van der Waals surface area contributed by atoms with Crippen molar-refractivity contribution in [2.24, 2.45) is 4.99 Å². The van der Waals surface area contributed by atoms with E-state index in [2.05, 4.69) is 20.6 Å². The Kier molecular flexibility index (Phi) is 2.95. The van der Waals surface area contributed by atoms with Gasteiger partial charge in [0.25, 0.3) is 0 Å². The lowest BCUT2D eigenvalue weighted by Gasteiger charge is -2.03. The molecule has 0 saturated heterocycles. The Morgan fingerprint density at radius 3 is 3.21 bits per heavy atom. The zero-order valence-electron chi connectivity index (χ0n) is 7.66. The van der Waals surface area contributed by atoms with Crippen LogP contribution in [-0.2, 0) is 13.2 Å². The van der Waals surface area contributed by atoms with Gasteiger partial charge in [0.15, 0.2) is 5.96 Å². The van der Waals surface area contributed by atoms with Crippen molar-refractivity contribution in [2.75, 3.05) is 13.1 Å². The van der Waals surface area contributed by atoms with Crippen LogP contribution in [0.5, 0.6) is 0 Å². The number of rotatable bonds is 3. The van der Waals surface area contributed by atoms with Crippen LogP contribution >= 0.6 is 11.3 Å². The maximum Gasteiger partial charge on any atom is 0.191 e. The molecule has 14 heavy (non-hydrogen) atoms. The highest BCUT2D eigenvalue weighted by Gasteiger charge is 2.05. The molecule has 0 fully saturated rings. The summed E-state index contributed by atoms with van der Waals surface area (Å²) in [6.07, 6.45) is 0. The molecule has 0 amide bonds. The molecular formula is C8H12N4OS. The molecule has 1 aromatic rings. The van der Waals surface area contributed by atoms with Crippen LogP contribution in [0.2, 0.25) is 0 Å². The van der Waals surface area contributed by atoms with Gasteiger partial charge < -0.3 is 15.7 Å². The second-order valence-corrected chi connectivity index (χ2v) is 3.84. The molecule has 0 saturated carbocycles. The summed E-state index contributed by atoms with van der Waals surface area (Å²) in [6.45, 7) is 2.41. The van der Waals surface area contributed by atoms with Crippen LogP contribution in [0.1, 0.15) is 10.7 Å². The van der Waals surface area contributed by atoms with Crippen molar-refractivity contribution in [1.82, 2.24) is 15.6 Å². The van der Waals surface area contributed by atoms with E-state index >= 15 is 0 Å². The van der Waals surface area contributed by atoms with Gasteiger partial charge in [-0.3, -0.25) is 4.99 Å². The number of aliphatic imine (C=N–C) groups is 1. The number of nitrogens with zero attached hydrogens (tertiary/aromatic N) is 2. The minimum absolute atomic E-state index is 0.00962. The van der Waals surface area contributed by atoms with Crippen LogP contribution in [0.25, 0.3) is 0 Å². The molecule has 2 heterocycles. The van der Waals surface area contributed by atoms with Gasteiger partial charge >= 0.3 is 0 Å². The molecule has 3 N–H and O–H groups in total. The molecule has 0 bridgehead atoms. The lowest BCUT2D eigenvalue weighted by Crippen LogP contribution is -2.33. The highest BCUT2D eigenvalue weighted by atomic mass is 32.1. The van der Waals surface area contributed by atoms with Crippen molar-refractivity contribution in [1.29, 1.82) is 0 Å². The topological polar surface area (TPSA) is 69.5 Å². The van der Waals surface area contributed by atoms with Crippen LogP contribution < -0.4 is 10.6 Å². The normalized spacial score (nSPS) is 15.1. The zero-order valence-corrected chi connectivity index (χ0v) is 8.47. The first-order chi connectivity index (χ1) is 6.88. The summed E-state index contributed by atoms with van der Waals surface area (Å²) in [7, 11) is 0. The summed E-state index contributed by atoms with van der Waals surface area (Å²) in [6, 6.07) is 0. The van der Waals surface area contributed by atoms with Gasteiger partial charge in [-0.2, -0.15) is 0 Å². The number of nitrogens with one attached hydrogen (secondary N) is 2. The maximum atomic E-state index is 8.82. The first-order valence-corrected chi connectivity index (χ1v) is 5.33. The van der Waals surface area contributed by atoms with Gasteiger partial charge in [-0.1, -0.05) is 0 Å². The van der Waals surface area contributed by atoms with E-state index in [-0.39, 0.29) is 6.61 Å². The predicted octanol–water partition coefficient (Wildman–Crippen LogP) is -0.316. The predicted molar refractivity (Wildman–Crippen MR) is 55.2 cm³/mol. The monoisotopic (exact) mass is 212 g/mol. The summed E-state index contributed by atoms with van der Waals surface area (Å²) in [5, 5.41) is 17.9. The quantitative estimate of drug-likeness (QED) is 0.642. The largest absolute Gasteiger partial charge is 0.390 e. The van der Waals surface area contributed by atoms with Crippen LogP contribution in [0.15, 0.2) is 10.4 Å². The van der Waals surface area contributed by atoms with Crippen molar-refractivity contribution in [2.45, 2.75) is 13.2 Å². The minimum atomic E-state index is 0.00962.